The molecule has 1 aromatic carbocycles. The largest absolute Gasteiger partial charge is 0.493 e. The van der Waals surface area contributed by atoms with Crippen LogP contribution >= 0.6 is 11.3 Å². The minimum atomic E-state index is 0.617. The van der Waals surface area contributed by atoms with Gasteiger partial charge in [-0.05, 0) is 18.1 Å². The van der Waals surface area contributed by atoms with E-state index in [4.69, 9.17) is 9.47 Å². The predicted molar refractivity (Wildman–Crippen MR) is 104 cm³/mol. The molecule has 0 amide bonds. The summed E-state index contributed by atoms with van der Waals surface area (Å²) in [5.41, 5.74) is 0.871. The molecular formula is C18H26N4O2S. The van der Waals surface area contributed by atoms with Crippen LogP contribution in [0.5, 0.6) is 11.5 Å². The van der Waals surface area contributed by atoms with Crippen LogP contribution < -0.4 is 20.1 Å². The second kappa shape index (κ2) is 9.27. The van der Waals surface area contributed by atoms with Crippen LogP contribution in [0.3, 0.4) is 0 Å². The molecule has 0 aliphatic heterocycles. The molecule has 0 spiro atoms. The molecule has 6 nitrogen and oxygen atoms in total. The number of methoxy groups -OCH3 is 2. The molecule has 0 aliphatic carbocycles. The van der Waals surface area contributed by atoms with Crippen molar-refractivity contribution in [2.45, 2.75) is 26.8 Å². The molecule has 2 N–H and O–H groups in total. The summed E-state index contributed by atoms with van der Waals surface area (Å²) in [6, 6.07) is 5.65. The zero-order chi connectivity index (χ0) is 18.2. The number of aromatic nitrogens is 1. The molecule has 1 aromatic heterocycles. The summed E-state index contributed by atoms with van der Waals surface area (Å²) >= 11 is 1.74. The number of thiazole rings is 1. The zero-order valence-corrected chi connectivity index (χ0v) is 16.2. The van der Waals surface area contributed by atoms with Crippen molar-refractivity contribution >= 4 is 23.0 Å². The van der Waals surface area contributed by atoms with E-state index >= 15 is 0 Å². The van der Waals surface area contributed by atoms with Gasteiger partial charge in [0, 0.05) is 36.3 Å². The van der Waals surface area contributed by atoms with Gasteiger partial charge < -0.3 is 20.1 Å². The molecule has 0 atom stereocenters. The Hall–Kier alpha value is -2.28. The summed E-state index contributed by atoms with van der Waals surface area (Å²) in [7, 11) is 4.98. The maximum atomic E-state index is 5.32. The Morgan fingerprint density at radius 1 is 1.24 bits per heavy atom. The van der Waals surface area contributed by atoms with Crippen molar-refractivity contribution in [3.05, 3.63) is 34.3 Å². The molecular weight excluding hydrogens is 336 g/mol. The number of nitrogens with zero attached hydrogens (tertiary/aromatic N) is 2. The highest BCUT2D eigenvalue weighted by atomic mass is 32.1. The Morgan fingerprint density at radius 2 is 2.00 bits per heavy atom. The summed E-state index contributed by atoms with van der Waals surface area (Å²) in [5.74, 6) is 2.67. The average Bonchev–Trinajstić information content (AvgIpc) is 3.04. The van der Waals surface area contributed by atoms with Crippen molar-refractivity contribution in [2.24, 2.45) is 10.9 Å². The number of rotatable bonds is 7. The first-order valence-corrected chi connectivity index (χ1v) is 9.00. The van der Waals surface area contributed by atoms with E-state index in [1.54, 1.807) is 32.6 Å². The Morgan fingerprint density at radius 3 is 2.64 bits per heavy atom. The summed E-state index contributed by atoms with van der Waals surface area (Å²) < 4.78 is 10.6. The third-order valence-electron chi connectivity index (χ3n) is 3.48. The van der Waals surface area contributed by atoms with Crippen LogP contribution in [0.1, 0.15) is 23.7 Å². The van der Waals surface area contributed by atoms with Crippen molar-refractivity contribution in [3.63, 3.8) is 0 Å². The van der Waals surface area contributed by atoms with E-state index < -0.39 is 0 Å². The van der Waals surface area contributed by atoms with Gasteiger partial charge in [0.25, 0.3) is 0 Å². The van der Waals surface area contributed by atoms with Gasteiger partial charge in [-0.15, -0.1) is 11.3 Å². The molecule has 0 bridgehead atoms. The third kappa shape index (κ3) is 5.63. The Bertz CT molecular complexity index is 713. The highest BCUT2D eigenvalue weighted by Crippen LogP contribution is 2.29. The van der Waals surface area contributed by atoms with Crippen molar-refractivity contribution in [1.82, 2.24) is 10.3 Å². The van der Waals surface area contributed by atoms with Crippen LogP contribution in [0.25, 0.3) is 0 Å². The third-order valence-corrected chi connectivity index (χ3v) is 4.50. The highest BCUT2D eigenvalue weighted by Gasteiger charge is 2.08. The zero-order valence-electron chi connectivity index (χ0n) is 15.4. The number of hydrogen-bond acceptors (Lipinski definition) is 5. The van der Waals surface area contributed by atoms with Gasteiger partial charge in [-0.25, -0.2) is 4.98 Å². The number of benzene rings is 1. The molecule has 0 aliphatic rings. The molecule has 2 aromatic rings. The van der Waals surface area contributed by atoms with Crippen molar-refractivity contribution in [2.75, 3.05) is 26.6 Å². The summed E-state index contributed by atoms with van der Waals surface area (Å²) in [6.07, 6.45) is 2.95. The molecule has 136 valence electrons. The van der Waals surface area contributed by atoms with Gasteiger partial charge in [0.1, 0.15) is 0 Å². The predicted octanol–water partition coefficient (Wildman–Crippen LogP) is 3.55. The van der Waals surface area contributed by atoms with E-state index in [2.05, 4.69) is 34.5 Å². The molecule has 0 saturated carbocycles. The fraction of sp³-hybridized carbons (Fsp3) is 0.444. The average molecular weight is 362 g/mol. The van der Waals surface area contributed by atoms with E-state index in [-0.39, 0.29) is 0 Å². The van der Waals surface area contributed by atoms with Crippen LogP contribution in [0.15, 0.2) is 29.4 Å². The molecule has 0 fully saturated rings. The van der Waals surface area contributed by atoms with Crippen molar-refractivity contribution in [3.8, 4) is 11.5 Å². The maximum absolute atomic E-state index is 5.32. The lowest BCUT2D eigenvalue weighted by atomic mass is 10.1. The van der Waals surface area contributed by atoms with E-state index in [0.29, 0.717) is 29.9 Å². The summed E-state index contributed by atoms with van der Waals surface area (Å²) in [4.78, 5) is 9.92. The monoisotopic (exact) mass is 362 g/mol. The lowest BCUT2D eigenvalue weighted by molar-refractivity contribution is 0.355. The van der Waals surface area contributed by atoms with Gasteiger partial charge in [-0.3, -0.25) is 4.99 Å². The lowest BCUT2D eigenvalue weighted by Crippen LogP contribution is -2.29. The number of ether oxygens (including phenoxy) is 2. The standard InChI is InChI=1S/C18H26N4O2S/c1-12(2)8-17-20-10-14(25-17)11-21-18(19-3)22-13-6-7-15(23-4)16(9-13)24-5/h6-7,9-10,12H,8,11H2,1-5H3,(H2,19,21,22). The fourth-order valence-corrected chi connectivity index (χ4v) is 3.35. The maximum Gasteiger partial charge on any atom is 0.195 e. The van der Waals surface area contributed by atoms with Gasteiger partial charge in [0.15, 0.2) is 17.5 Å². The number of nitrogens with one attached hydrogen (secondary N) is 2. The van der Waals surface area contributed by atoms with Crippen LogP contribution in [0.4, 0.5) is 5.69 Å². The fourth-order valence-electron chi connectivity index (χ4n) is 2.27. The first-order valence-electron chi connectivity index (χ1n) is 8.19. The highest BCUT2D eigenvalue weighted by molar-refractivity contribution is 7.11. The Labute approximate surface area is 153 Å². The van der Waals surface area contributed by atoms with Gasteiger partial charge in [0.2, 0.25) is 0 Å². The van der Waals surface area contributed by atoms with Gasteiger partial charge in [-0.2, -0.15) is 0 Å². The van der Waals surface area contributed by atoms with E-state index in [1.165, 1.54) is 9.88 Å². The molecule has 0 saturated heterocycles. The minimum absolute atomic E-state index is 0.617. The molecule has 1 heterocycles. The molecule has 0 radical (unpaired) electrons. The van der Waals surface area contributed by atoms with Crippen LogP contribution in [0, 0.1) is 5.92 Å². The van der Waals surface area contributed by atoms with Crippen LogP contribution in [-0.4, -0.2) is 32.2 Å². The van der Waals surface area contributed by atoms with Gasteiger partial charge in [0.05, 0.1) is 25.8 Å². The lowest BCUT2D eigenvalue weighted by Gasteiger charge is -2.13. The topological polar surface area (TPSA) is 67.8 Å². The smallest absolute Gasteiger partial charge is 0.195 e. The first kappa shape index (κ1) is 19.1. The minimum Gasteiger partial charge on any atom is -0.493 e. The van der Waals surface area contributed by atoms with E-state index in [0.717, 1.165) is 12.1 Å². The number of anilines is 1. The Kier molecular flexibility index (Phi) is 7.06. The molecule has 7 heteroatoms. The van der Waals surface area contributed by atoms with Crippen molar-refractivity contribution < 1.29 is 9.47 Å². The van der Waals surface area contributed by atoms with Crippen LogP contribution in [0.2, 0.25) is 0 Å². The van der Waals surface area contributed by atoms with Gasteiger partial charge in [-0.1, -0.05) is 13.8 Å². The normalized spacial score (nSPS) is 11.5. The quantitative estimate of drug-likeness (QED) is 0.582. The summed E-state index contributed by atoms with van der Waals surface area (Å²) in [6.45, 7) is 5.09. The number of aliphatic imine (C=N–C) groups is 1. The Balaban J connectivity index is 1.96. The second-order valence-electron chi connectivity index (χ2n) is 5.94. The van der Waals surface area contributed by atoms with E-state index in [1.807, 2.05) is 24.4 Å². The molecule has 2 rings (SSSR count). The molecule has 25 heavy (non-hydrogen) atoms. The second-order valence-corrected chi connectivity index (χ2v) is 7.14. The van der Waals surface area contributed by atoms with Crippen LogP contribution in [-0.2, 0) is 13.0 Å². The van der Waals surface area contributed by atoms with Gasteiger partial charge >= 0.3 is 0 Å². The SMILES string of the molecule is CN=C(NCc1cnc(CC(C)C)s1)Nc1ccc(OC)c(OC)c1. The summed E-state index contributed by atoms with van der Waals surface area (Å²) in [5, 5.41) is 7.73. The number of guanidine groups is 1. The first-order chi connectivity index (χ1) is 12.0. The molecule has 0 unspecified atom stereocenters. The van der Waals surface area contributed by atoms with E-state index in [9.17, 15) is 0 Å². The van der Waals surface area contributed by atoms with Crippen molar-refractivity contribution in [1.29, 1.82) is 0 Å². The number of hydrogen-bond donors (Lipinski definition) is 2.